The first-order valence-corrected chi connectivity index (χ1v) is 8.33. The Labute approximate surface area is 139 Å². The summed E-state index contributed by atoms with van der Waals surface area (Å²) in [6, 6.07) is 6.20. The minimum absolute atomic E-state index is 0.588. The van der Waals surface area contributed by atoms with Gasteiger partial charge >= 0.3 is 0 Å². The zero-order valence-corrected chi connectivity index (χ0v) is 14.3. The minimum Gasteiger partial charge on any atom is -0.350 e. The van der Waals surface area contributed by atoms with Crippen molar-refractivity contribution >= 4 is 28.3 Å². The summed E-state index contributed by atoms with van der Waals surface area (Å²) in [5.41, 5.74) is 4.31. The van der Waals surface area contributed by atoms with Crippen molar-refractivity contribution < 1.29 is 0 Å². The van der Waals surface area contributed by atoms with Crippen molar-refractivity contribution in [1.29, 1.82) is 0 Å². The highest BCUT2D eigenvalue weighted by atomic mass is 32.1. The molecule has 1 aromatic carbocycles. The summed E-state index contributed by atoms with van der Waals surface area (Å²) in [7, 11) is 1.75. The Morgan fingerprint density at radius 3 is 2.78 bits per heavy atom. The number of guanidine groups is 1. The van der Waals surface area contributed by atoms with Crippen LogP contribution in [0.5, 0.6) is 0 Å². The molecule has 0 saturated heterocycles. The van der Waals surface area contributed by atoms with Gasteiger partial charge in [-0.25, -0.2) is 9.97 Å². The molecule has 2 heterocycles. The van der Waals surface area contributed by atoms with Gasteiger partial charge in [0.25, 0.3) is 0 Å². The molecule has 0 saturated carbocycles. The minimum atomic E-state index is 0.588. The molecule has 0 amide bonds. The lowest BCUT2D eigenvalue weighted by Gasteiger charge is -2.09. The third-order valence-electron chi connectivity index (χ3n) is 3.41. The molecule has 3 rings (SSSR count). The van der Waals surface area contributed by atoms with Crippen molar-refractivity contribution in [2.45, 2.75) is 26.9 Å². The molecular formula is C16H20N6S. The Hall–Kier alpha value is -2.41. The maximum absolute atomic E-state index is 4.57. The Bertz CT molecular complexity index is 832. The van der Waals surface area contributed by atoms with Crippen molar-refractivity contribution in [2.24, 2.45) is 4.99 Å². The van der Waals surface area contributed by atoms with Crippen LogP contribution in [0.2, 0.25) is 0 Å². The first kappa shape index (κ1) is 15.5. The summed E-state index contributed by atoms with van der Waals surface area (Å²) in [5, 5.41) is 9.61. The second-order valence-electron chi connectivity index (χ2n) is 5.37. The van der Waals surface area contributed by atoms with E-state index in [0.717, 1.165) is 33.5 Å². The standard InChI is InChI=1S/C16H20N6S/c1-10-4-5-12-13(6-10)22-14(21-12)7-18-16(17-3)19-8-15-20-11(2)9-23-15/h4-6,9H,7-8H2,1-3H3,(H,21,22)(H2,17,18,19). The van der Waals surface area contributed by atoms with E-state index in [9.17, 15) is 0 Å². The molecule has 0 bridgehead atoms. The number of aromatic amines is 1. The first-order valence-electron chi connectivity index (χ1n) is 7.45. The first-order chi connectivity index (χ1) is 11.1. The van der Waals surface area contributed by atoms with Gasteiger partial charge in [-0.2, -0.15) is 0 Å². The lowest BCUT2D eigenvalue weighted by atomic mass is 10.2. The Balaban J connectivity index is 1.58. The maximum atomic E-state index is 4.57. The lowest BCUT2D eigenvalue weighted by Crippen LogP contribution is -2.36. The van der Waals surface area contributed by atoms with E-state index >= 15 is 0 Å². The molecule has 0 unspecified atom stereocenters. The van der Waals surface area contributed by atoms with Gasteiger partial charge in [0.15, 0.2) is 5.96 Å². The van der Waals surface area contributed by atoms with Gasteiger partial charge in [0.1, 0.15) is 10.8 Å². The summed E-state index contributed by atoms with van der Waals surface area (Å²) < 4.78 is 0. The van der Waals surface area contributed by atoms with Gasteiger partial charge in [-0.3, -0.25) is 4.99 Å². The number of H-pyrrole nitrogens is 1. The molecule has 2 aromatic heterocycles. The number of fused-ring (bicyclic) bond motifs is 1. The van der Waals surface area contributed by atoms with Gasteiger partial charge < -0.3 is 15.6 Å². The smallest absolute Gasteiger partial charge is 0.191 e. The highest BCUT2D eigenvalue weighted by Gasteiger charge is 2.05. The number of rotatable bonds is 4. The van der Waals surface area contributed by atoms with Crippen LogP contribution in [0.3, 0.4) is 0 Å². The summed E-state index contributed by atoms with van der Waals surface area (Å²) in [6.07, 6.45) is 0. The number of imidazole rings is 1. The molecule has 0 aliphatic heterocycles. The number of hydrogen-bond acceptors (Lipinski definition) is 4. The van der Waals surface area contributed by atoms with E-state index < -0.39 is 0 Å². The Kier molecular flexibility index (Phi) is 4.57. The van der Waals surface area contributed by atoms with Crippen molar-refractivity contribution in [1.82, 2.24) is 25.6 Å². The predicted molar refractivity (Wildman–Crippen MR) is 94.7 cm³/mol. The van der Waals surface area contributed by atoms with Crippen LogP contribution >= 0.6 is 11.3 Å². The topological polar surface area (TPSA) is 78.0 Å². The van der Waals surface area contributed by atoms with Gasteiger partial charge in [-0.05, 0) is 31.5 Å². The molecule has 120 valence electrons. The number of thiazole rings is 1. The van der Waals surface area contributed by atoms with Gasteiger partial charge in [-0.15, -0.1) is 11.3 Å². The van der Waals surface area contributed by atoms with E-state index in [4.69, 9.17) is 0 Å². The number of aryl methyl sites for hydroxylation is 2. The highest BCUT2D eigenvalue weighted by molar-refractivity contribution is 7.09. The van der Waals surface area contributed by atoms with Crippen LogP contribution in [0.25, 0.3) is 11.0 Å². The summed E-state index contributed by atoms with van der Waals surface area (Å²) in [5.74, 6) is 1.62. The molecular weight excluding hydrogens is 308 g/mol. The molecule has 7 heteroatoms. The van der Waals surface area contributed by atoms with Gasteiger partial charge in [0.2, 0.25) is 0 Å². The molecule has 6 nitrogen and oxygen atoms in total. The fraction of sp³-hybridized carbons (Fsp3) is 0.312. The third kappa shape index (κ3) is 3.87. The van der Waals surface area contributed by atoms with E-state index in [1.54, 1.807) is 18.4 Å². The zero-order valence-electron chi connectivity index (χ0n) is 13.5. The number of aromatic nitrogens is 3. The van der Waals surface area contributed by atoms with E-state index in [-0.39, 0.29) is 0 Å². The van der Waals surface area contributed by atoms with Crippen molar-refractivity contribution in [3.05, 3.63) is 45.7 Å². The zero-order chi connectivity index (χ0) is 16.2. The summed E-state index contributed by atoms with van der Waals surface area (Å²) >= 11 is 1.65. The van der Waals surface area contributed by atoms with Crippen LogP contribution in [-0.4, -0.2) is 28.0 Å². The van der Waals surface area contributed by atoms with Gasteiger partial charge in [-0.1, -0.05) is 6.07 Å². The van der Waals surface area contributed by atoms with E-state index in [1.807, 2.05) is 18.4 Å². The lowest BCUT2D eigenvalue weighted by molar-refractivity contribution is 0.780. The second kappa shape index (κ2) is 6.78. The SMILES string of the molecule is CN=C(NCc1nc2ccc(C)cc2[nH]1)NCc1nc(C)cs1. The van der Waals surface area contributed by atoms with Crippen LogP contribution in [0.1, 0.15) is 22.1 Å². The van der Waals surface area contributed by atoms with Crippen molar-refractivity contribution in [2.75, 3.05) is 7.05 Å². The summed E-state index contributed by atoms with van der Waals surface area (Å²) in [4.78, 5) is 16.5. The Morgan fingerprint density at radius 1 is 1.22 bits per heavy atom. The quantitative estimate of drug-likeness (QED) is 0.508. The van der Waals surface area contributed by atoms with E-state index in [0.29, 0.717) is 13.1 Å². The van der Waals surface area contributed by atoms with E-state index in [1.165, 1.54) is 5.56 Å². The molecule has 0 aliphatic carbocycles. The molecule has 0 aliphatic rings. The number of benzene rings is 1. The molecule has 0 spiro atoms. The average molecular weight is 328 g/mol. The molecule has 3 N–H and O–H groups in total. The maximum Gasteiger partial charge on any atom is 0.191 e. The van der Waals surface area contributed by atoms with Crippen LogP contribution in [-0.2, 0) is 13.1 Å². The van der Waals surface area contributed by atoms with Crippen LogP contribution < -0.4 is 10.6 Å². The normalized spacial score (nSPS) is 11.9. The summed E-state index contributed by atoms with van der Waals surface area (Å²) in [6.45, 7) is 5.32. The van der Waals surface area contributed by atoms with Gasteiger partial charge in [0.05, 0.1) is 24.1 Å². The fourth-order valence-corrected chi connectivity index (χ4v) is 3.00. The third-order valence-corrected chi connectivity index (χ3v) is 4.37. The second-order valence-corrected chi connectivity index (χ2v) is 6.31. The molecule has 0 atom stereocenters. The Morgan fingerprint density at radius 2 is 2.04 bits per heavy atom. The number of aliphatic imine (C=N–C) groups is 1. The monoisotopic (exact) mass is 328 g/mol. The fourth-order valence-electron chi connectivity index (χ4n) is 2.29. The number of nitrogens with zero attached hydrogens (tertiary/aromatic N) is 3. The number of nitrogens with one attached hydrogen (secondary N) is 3. The molecule has 0 fully saturated rings. The largest absolute Gasteiger partial charge is 0.350 e. The van der Waals surface area contributed by atoms with Crippen LogP contribution in [0.4, 0.5) is 0 Å². The van der Waals surface area contributed by atoms with Crippen LogP contribution in [0, 0.1) is 13.8 Å². The van der Waals surface area contributed by atoms with Crippen molar-refractivity contribution in [3.63, 3.8) is 0 Å². The van der Waals surface area contributed by atoms with Crippen LogP contribution in [0.15, 0.2) is 28.6 Å². The molecule has 3 aromatic rings. The molecule has 0 radical (unpaired) electrons. The average Bonchev–Trinajstić information content (AvgIpc) is 3.12. The molecule has 23 heavy (non-hydrogen) atoms. The number of hydrogen-bond donors (Lipinski definition) is 3. The highest BCUT2D eigenvalue weighted by Crippen LogP contribution is 2.13. The van der Waals surface area contributed by atoms with E-state index in [2.05, 4.69) is 49.6 Å². The predicted octanol–water partition coefficient (Wildman–Crippen LogP) is 2.50. The van der Waals surface area contributed by atoms with Crippen molar-refractivity contribution in [3.8, 4) is 0 Å². The van der Waals surface area contributed by atoms with Gasteiger partial charge in [0, 0.05) is 18.1 Å².